The van der Waals surface area contributed by atoms with E-state index < -0.39 is 11.8 Å². The number of halogens is 2. The molecule has 3 N–H and O–H groups in total. The van der Waals surface area contributed by atoms with Crippen LogP contribution in [0.2, 0.25) is 10.0 Å². The third-order valence-corrected chi connectivity index (χ3v) is 8.31. The highest BCUT2D eigenvalue weighted by molar-refractivity contribution is 8.00. The van der Waals surface area contributed by atoms with E-state index in [1.807, 2.05) is 61.5 Å². The van der Waals surface area contributed by atoms with Gasteiger partial charge in [0.05, 0.1) is 5.25 Å². The summed E-state index contributed by atoms with van der Waals surface area (Å²) >= 11 is 13.8. The lowest BCUT2D eigenvalue weighted by Crippen LogP contribution is -2.30. The molecule has 5 aromatic carbocycles. The highest BCUT2D eigenvalue weighted by Gasteiger charge is 2.18. The molecule has 0 saturated carbocycles. The summed E-state index contributed by atoms with van der Waals surface area (Å²) in [7, 11) is 0. The van der Waals surface area contributed by atoms with Crippen LogP contribution >= 0.6 is 35.0 Å². The molecule has 0 saturated heterocycles. The molecule has 3 amide bonds. The molecule has 0 radical (unpaired) electrons. The molecule has 0 spiro atoms. The lowest BCUT2D eigenvalue weighted by molar-refractivity contribution is -0.115. The van der Waals surface area contributed by atoms with Gasteiger partial charge in [-0.15, -0.1) is 11.8 Å². The smallest absolute Gasteiger partial charge is 0.272 e. The van der Waals surface area contributed by atoms with Gasteiger partial charge in [0, 0.05) is 37.3 Å². The van der Waals surface area contributed by atoms with Crippen molar-refractivity contribution in [1.29, 1.82) is 0 Å². The number of nitrogens with one attached hydrogen (secondary N) is 3. The monoisotopic (exact) mass is 639 g/mol. The van der Waals surface area contributed by atoms with Crippen LogP contribution in [-0.4, -0.2) is 23.0 Å². The Morgan fingerprint density at radius 2 is 1.48 bits per heavy atom. The van der Waals surface area contributed by atoms with Crippen molar-refractivity contribution in [2.24, 2.45) is 0 Å². The van der Waals surface area contributed by atoms with Crippen LogP contribution in [0.3, 0.4) is 0 Å². The molecule has 1 atom stereocenters. The van der Waals surface area contributed by atoms with Gasteiger partial charge >= 0.3 is 0 Å². The van der Waals surface area contributed by atoms with Crippen molar-refractivity contribution >= 4 is 80.9 Å². The first-order valence-electron chi connectivity index (χ1n) is 13.7. The van der Waals surface area contributed by atoms with Gasteiger partial charge < -0.3 is 16.0 Å². The van der Waals surface area contributed by atoms with Crippen LogP contribution in [0.4, 0.5) is 11.4 Å². The van der Waals surface area contributed by atoms with Crippen LogP contribution < -0.4 is 16.0 Å². The fourth-order valence-electron chi connectivity index (χ4n) is 4.36. The molecule has 44 heavy (non-hydrogen) atoms. The Bertz CT molecular complexity index is 1860. The molecule has 0 aromatic heterocycles. The Kier molecular flexibility index (Phi) is 10.0. The van der Waals surface area contributed by atoms with Crippen molar-refractivity contribution in [2.45, 2.75) is 17.1 Å². The molecule has 0 fully saturated rings. The lowest BCUT2D eigenvalue weighted by atomic mass is 10.1. The Morgan fingerprint density at radius 1 is 0.773 bits per heavy atom. The first kappa shape index (κ1) is 30.9. The number of hydrogen-bond acceptors (Lipinski definition) is 4. The SMILES string of the molecule is CC(Sc1ccc(NC(=O)/C(=C/c2ccc(Cl)cc2Cl)NC(=O)c2ccccc2)cc1)C(=O)Nc1cccc2ccccc12. The highest BCUT2D eigenvalue weighted by atomic mass is 35.5. The minimum Gasteiger partial charge on any atom is -0.325 e. The second kappa shape index (κ2) is 14.3. The number of carbonyl (C=O) groups is 3. The van der Waals surface area contributed by atoms with Crippen LogP contribution in [0.5, 0.6) is 0 Å². The number of carbonyl (C=O) groups excluding carboxylic acids is 3. The predicted octanol–water partition coefficient (Wildman–Crippen LogP) is 8.68. The lowest BCUT2D eigenvalue weighted by Gasteiger charge is -2.14. The Hall–Kier alpha value is -4.56. The maximum absolute atomic E-state index is 13.4. The van der Waals surface area contributed by atoms with Crippen molar-refractivity contribution in [3.8, 4) is 0 Å². The molecule has 0 aliphatic carbocycles. The van der Waals surface area contributed by atoms with Crippen molar-refractivity contribution in [3.63, 3.8) is 0 Å². The third kappa shape index (κ3) is 7.88. The van der Waals surface area contributed by atoms with Gasteiger partial charge in [-0.2, -0.15) is 0 Å². The van der Waals surface area contributed by atoms with E-state index >= 15 is 0 Å². The van der Waals surface area contributed by atoms with Gasteiger partial charge in [-0.25, -0.2) is 0 Å². The molecular weight excluding hydrogens is 613 g/mol. The molecule has 1 unspecified atom stereocenters. The first-order valence-corrected chi connectivity index (χ1v) is 15.3. The number of fused-ring (bicyclic) bond motifs is 1. The van der Waals surface area contributed by atoms with Crippen molar-refractivity contribution in [2.75, 3.05) is 10.6 Å². The summed E-state index contributed by atoms with van der Waals surface area (Å²) in [6.07, 6.45) is 1.50. The molecule has 5 aromatic rings. The Morgan fingerprint density at radius 3 is 2.23 bits per heavy atom. The van der Waals surface area contributed by atoms with Crippen LogP contribution in [0, 0.1) is 0 Å². The molecule has 0 bridgehead atoms. The van der Waals surface area contributed by atoms with Crippen LogP contribution in [0.1, 0.15) is 22.8 Å². The zero-order chi connectivity index (χ0) is 31.1. The zero-order valence-corrected chi connectivity index (χ0v) is 25.8. The molecule has 0 aliphatic rings. The van der Waals surface area contributed by atoms with E-state index in [9.17, 15) is 14.4 Å². The summed E-state index contributed by atoms with van der Waals surface area (Å²) < 4.78 is 0. The van der Waals surface area contributed by atoms with Crippen LogP contribution in [0.15, 0.2) is 126 Å². The fourth-order valence-corrected chi connectivity index (χ4v) is 5.69. The van der Waals surface area contributed by atoms with Crippen LogP contribution in [0.25, 0.3) is 16.8 Å². The van der Waals surface area contributed by atoms with E-state index in [4.69, 9.17) is 23.2 Å². The normalized spacial score (nSPS) is 11.9. The molecule has 220 valence electrons. The van der Waals surface area contributed by atoms with E-state index in [-0.39, 0.29) is 16.9 Å². The standard InChI is InChI=1S/C35H27Cl2N3O3S/c1-22(33(41)39-31-13-7-11-23-8-5-6-12-29(23)31)44-28-18-16-27(17-19-28)38-35(43)32(20-25-14-15-26(36)21-30(25)37)40-34(42)24-9-3-2-4-10-24/h2-22H,1H3,(H,38,43)(H,39,41)(H,40,42)/b32-20-. The van der Waals surface area contributed by atoms with Crippen molar-refractivity contribution in [1.82, 2.24) is 5.32 Å². The third-order valence-electron chi connectivity index (χ3n) is 6.63. The molecule has 0 aliphatic heterocycles. The van der Waals surface area contributed by atoms with Crippen molar-refractivity contribution < 1.29 is 14.4 Å². The van der Waals surface area contributed by atoms with Gasteiger partial charge in [-0.1, -0.05) is 83.9 Å². The summed E-state index contributed by atoms with van der Waals surface area (Å²) in [5.74, 6) is -1.10. The number of anilines is 2. The Balaban J connectivity index is 1.27. The predicted molar refractivity (Wildman–Crippen MR) is 181 cm³/mol. The maximum atomic E-state index is 13.4. The van der Waals surface area contributed by atoms with Crippen molar-refractivity contribution in [3.05, 3.63) is 142 Å². The maximum Gasteiger partial charge on any atom is 0.272 e. The fraction of sp³-hybridized carbons (Fsp3) is 0.0571. The van der Waals surface area contributed by atoms with E-state index in [2.05, 4.69) is 16.0 Å². The molecule has 0 heterocycles. The summed E-state index contributed by atoms with van der Waals surface area (Å²) in [6.45, 7) is 1.84. The number of hydrogen-bond donors (Lipinski definition) is 3. The number of thioether (sulfide) groups is 1. The summed E-state index contributed by atoms with van der Waals surface area (Å²) in [5.41, 5.74) is 2.18. The van der Waals surface area contributed by atoms with Gasteiger partial charge in [0.1, 0.15) is 5.70 Å². The van der Waals surface area contributed by atoms with Gasteiger partial charge in [0.2, 0.25) is 5.91 Å². The quantitative estimate of drug-likeness (QED) is 0.111. The second-order valence-electron chi connectivity index (χ2n) is 9.80. The van der Waals surface area contributed by atoms with Gasteiger partial charge in [0.25, 0.3) is 11.8 Å². The summed E-state index contributed by atoms with van der Waals surface area (Å²) in [5, 5.41) is 11.0. The molecule has 5 rings (SSSR count). The minimum atomic E-state index is -0.538. The number of rotatable bonds is 9. The summed E-state index contributed by atoms with van der Waals surface area (Å²) in [4.78, 5) is 40.1. The average Bonchev–Trinajstić information content (AvgIpc) is 3.03. The summed E-state index contributed by atoms with van der Waals surface area (Å²) in [6, 6.07) is 34.3. The molecule has 6 nitrogen and oxygen atoms in total. The number of amides is 3. The highest BCUT2D eigenvalue weighted by Crippen LogP contribution is 2.28. The molecule has 9 heteroatoms. The zero-order valence-electron chi connectivity index (χ0n) is 23.5. The minimum absolute atomic E-state index is 0.000237. The van der Waals surface area contributed by atoms with Gasteiger partial charge in [-0.3, -0.25) is 14.4 Å². The van der Waals surface area contributed by atoms with E-state index in [0.29, 0.717) is 26.9 Å². The van der Waals surface area contributed by atoms with Crippen LogP contribution in [-0.2, 0) is 9.59 Å². The van der Waals surface area contributed by atoms with Gasteiger partial charge in [0.15, 0.2) is 0 Å². The number of benzene rings is 5. The first-order chi connectivity index (χ1) is 21.3. The molecular formula is C35H27Cl2N3O3S. The topological polar surface area (TPSA) is 87.3 Å². The van der Waals surface area contributed by atoms with E-state index in [0.717, 1.165) is 21.4 Å². The largest absolute Gasteiger partial charge is 0.325 e. The van der Waals surface area contributed by atoms with Gasteiger partial charge in [-0.05, 0) is 78.5 Å². The van der Waals surface area contributed by atoms with E-state index in [1.54, 1.807) is 60.7 Å². The Labute approximate surface area is 269 Å². The second-order valence-corrected chi connectivity index (χ2v) is 12.1. The average molecular weight is 641 g/mol. The van der Waals surface area contributed by atoms with E-state index in [1.165, 1.54) is 17.8 Å².